The Balaban J connectivity index is -0.00000000133. The average molecular weight is 1270 g/mol. The van der Waals surface area contributed by atoms with Crippen molar-refractivity contribution in [2.24, 2.45) is 0 Å². The van der Waals surface area contributed by atoms with E-state index in [-0.39, 0.29) is 145 Å². The van der Waals surface area contributed by atoms with E-state index in [1.807, 2.05) is 13.8 Å². The van der Waals surface area contributed by atoms with E-state index in [0.717, 1.165) is 0 Å². The van der Waals surface area contributed by atoms with E-state index in [1.165, 1.54) is 8.86 Å². The molecule has 0 aromatic rings. The minimum atomic E-state index is 0. The van der Waals surface area contributed by atoms with Crippen LogP contribution in [0.25, 0.3) is 0 Å². The Morgan fingerprint density at radius 1 is 0.406 bits per heavy atom. The normalized spacial score (nSPS) is 2.19. The van der Waals surface area contributed by atoms with Crippen molar-refractivity contribution >= 4 is 125 Å². The van der Waals surface area contributed by atoms with Crippen molar-refractivity contribution in [1.82, 2.24) is 0 Å². The minimum absolute atomic E-state index is 0. The fourth-order valence-electron chi connectivity index (χ4n) is 0. The van der Waals surface area contributed by atoms with Crippen LogP contribution < -0.4 is 0 Å². The van der Waals surface area contributed by atoms with E-state index in [0.29, 0.717) is 18.9 Å². The van der Waals surface area contributed by atoms with Crippen molar-refractivity contribution < 1.29 is 37.5 Å². The van der Waals surface area contributed by atoms with Crippen LogP contribution in [0.5, 0.6) is 0 Å². The summed E-state index contributed by atoms with van der Waals surface area (Å²) in [5, 5.41) is 0. The second-order valence-corrected chi connectivity index (χ2v) is 27.3. The molecule has 0 atom stereocenters. The third-order valence-electron chi connectivity index (χ3n) is 0. The second-order valence-electron chi connectivity index (χ2n) is 0.662. The molecule has 0 bridgehead atoms. The maximum Gasteiger partial charge on any atom is 0 e. The Bertz CT molecular complexity index is 43.7. The van der Waals surface area contributed by atoms with Crippen molar-refractivity contribution in [3.8, 4) is 0 Å². The van der Waals surface area contributed by atoms with E-state index in [1.54, 1.807) is 0 Å². The summed E-state index contributed by atoms with van der Waals surface area (Å²) in [6, 6.07) is 0. The Morgan fingerprint density at radius 3 is 0.406 bits per heavy atom. The molecule has 32 heavy (non-hydrogen) atoms. The summed E-state index contributed by atoms with van der Waals surface area (Å²) in [6.45, 7) is 8.22. The fourth-order valence-corrected chi connectivity index (χ4v) is 0. The predicted molar refractivity (Wildman–Crippen MR) is 230 cm³/mol. The van der Waals surface area contributed by atoms with Crippen molar-refractivity contribution in [3.05, 3.63) is 22.3 Å². The summed E-state index contributed by atoms with van der Waals surface area (Å²) < 4.78 is 2.44. The Kier molecular flexibility index (Phi) is 3390. The number of halogens is 6. The third kappa shape index (κ3) is 1190. The van der Waals surface area contributed by atoms with Gasteiger partial charge in [-0.1, -0.05) is 177 Å². The Hall–Kier alpha value is 6.13. The second kappa shape index (κ2) is 472. The smallest absolute Gasteiger partial charge is 0 e. The summed E-state index contributed by atoms with van der Waals surface area (Å²) in [5.41, 5.74) is 0. The summed E-state index contributed by atoms with van der Waals surface area (Å²) in [6.07, 6.45) is 0. The van der Waals surface area contributed by atoms with Gasteiger partial charge in [0.1, 0.15) is 0 Å². The molecular weight excluding hydrogens is 1190 g/mol. The van der Waals surface area contributed by atoms with Gasteiger partial charge in [0.05, 0.1) is 0 Å². The summed E-state index contributed by atoms with van der Waals surface area (Å²) in [4.78, 5) is 0. The standard InChI is InChI=1S/2C2H5I.C2H6.14CH4.3CH3.4HI.3V/c2*1-2-3;1-2;;;;;;;;;;;;;;;;;;;;;;;;/h2*2H2,1H3;1-2H3;14*1H4;3*1H3;4*1H;;;/q;;;;;;;;;;;;;;;;;3*-1;;;;;;2*+2/p-4. The molecule has 0 amide bonds. The minimum Gasteiger partial charge on any atom is 0 e. The van der Waals surface area contributed by atoms with Gasteiger partial charge in [0.25, 0.3) is 0 Å². The molecule has 0 fully saturated rings. The van der Waals surface area contributed by atoms with Crippen molar-refractivity contribution in [2.45, 2.75) is 132 Å². The summed E-state index contributed by atoms with van der Waals surface area (Å²) in [5.74, 6) is 0. The van der Waals surface area contributed by atoms with Crippen LogP contribution in [0.2, 0.25) is 0 Å². The van der Waals surface area contributed by atoms with Crippen LogP contribution >= 0.6 is 125 Å². The molecule has 1 radical (unpaired) electrons. The maximum absolute atomic E-state index is 2.37. The number of hydrogen-bond donors (Lipinski definition) is 0. The van der Waals surface area contributed by atoms with Gasteiger partial charge in [-0.25, -0.2) is 0 Å². The predicted octanol–water partition coefficient (Wildman–Crippen LogP) is 17.7. The zero-order valence-corrected chi connectivity index (χ0v) is 29.2. The molecule has 0 aliphatic rings. The summed E-state index contributed by atoms with van der Waals surface area (Å²) >= 11 is 14.1. The van der Waals surface area contributed by atoms with E-state index in [2.05, 4.69) is 139 Å². The molecule has 9 heteroatoms. The molecule has 0 rings (SSSR count). The molecule has 0 nitrogen and oxygen atoms in total. The first-order chi connectivity index (χ1) is 6.66. The van der Waals surface area contributed by atoms with Gasteiger partial charge < -0.3 is 22.3 Å². The first kappa shape index (κ1) is 230. The number of rotatable bonds is 0. The molecule has 0 saturated heterocycles. The van der Waals surface area contributed by atoms with E-state index >= 15 is 0 Å². The monoisotopic (exact) mass is 1270 g/mol. The molecule has 0 unspecified atom stereocenters. The van der Waals surface area contributed by atoms with E-state index in [9.17, 15) is 0 Å². The Morgan fingerprint density at radius 2 is 0.406 bits per heavy atom. The van der Waals surface area contributed by atoms with Crippen LogP contribution in [0.3, 0.4) is 0 Å². The first-order valence-electron chi connectivity index (χ1n) is 3.62. The maximum atomic E-state index is 2.37. The molecule has 0 aliphatic carbocycles. The number of alkyl halides is 2. The van der Waals surface area contributed by atoms with Crippen LogP contribution in [0.1, 0.15) is 132 Å². The van der Waals surface area contributed by atoms with Gasteiger partial charge in [0, 0.05) is 18.6 Å². The van der Waals surface area contributed by atoms with Gasteiger partial charge in [-0.2, -0.15) is 0 Å². The van der Waals surface area contributed by atoms with Crippen LogP contribution in [0.4, 0.5) is 0 Å². The largest absolute Gasteiger partial charge is 0 e. The Labute approximate surface area is 319 Å². The zero-order valence-electron chi connectivity index (χ0n) is 12.0. The van der Waals surface area contributed by atoms with Crippen LogP contribution in [0, 0.1) is 22.3 Å². The van der Waals surface area contributed by atoms with Gasteiger partial charge in [-0.3, -0.25) is 0 Å². The quantitative estimate of drug-likeness (QED) is 0.129. The third-order valence-corrected chi connectivity index (χ3v) is 0. The van der Waals surface area contributed by atoms with Crippen LogP contribution in [-0.4, -0.2) is 8.86 Å². The average Bonchev–Trinajstić information content (AvgIpc) is 2.12. The number of hydrogen-bond acceptors (Lipinski definition) is 0. The molecule has 0 aromatic heterocycles. The molecule has 0 N–H and O–H groups in total. The van der Waals surface area contributed by atoms with Crippen molar-refractivity contribution in [2.75, 3.05) is 8.86 Å². The molecular formula is C23H81I6V3-3. The van der Waals surface area contributed by atoms with Gasteiger partial charge in [0.15, 0.2) is 0 Å². The SMILES string of the molecule is C.C.C.C.C.C.C.C.C.C.C.C.C.C.CC.CCI.CCI.[CH3-].[CH3-].[CH3-].[I][V][I].[I][V][I].[V]. The first-order valence-corrected chi connectivity index (χ1v) is 24.7. The van der Waals surface area contributed by atoms with E-state index in [4.69, 9.17) is 0 Å². The van der Waals surface area contributed by atoms with Crippen LogP contribution in [0.15, 0.2) is 0 Å². The van der Waals surface area contributed by atoms with Crippen LogP contribution in [-0.2, 0) is 37.5 Å². The van der Waals surface area contributed by atoms with Gasteiger partial charge in [-0.15, -0.1) is 0 Å². The zero-order chi connectivity index (χ0) is 12.8. The fraction of sp³-hybridized carbons (Fsp3) is 0.870. The van der Waals surface area contributed by atoms with Crippen molar-refractivity contribution in [3.63, 3.8) is 0 Å². The molecule has 233 valence electrons. The van der Waals surface area contributed by atoms with Gasteiger partial charge in [-0.05, 0) is 8.86 Å². The molecule has 0 spiro atoms. The van der Waals surface area contributed by atoms with Gasteiger partial charge in [0.2, 0.25) is 0 Å². The molecule has 0 aliphatic heterocycles. The molecule has 0 heterocycles. The molecule has 0 saturated carbocycles. The summed E-state index contributed by atoms with van der Waals surface area (Å²) in [7, 11) is 1.25. The topological polar surface area (TPSA) is 0 Å². The van der Waals surface area contributed by atoms with Crippen molar-refractivity contribution in [1.29, 1.82) is 0 Å². The van der Waals surface area contributed by atoms with Gasteiger partial charge >= 0.3 is 98.8 Å². The van der Waals surface area contributed by atoms with E-state index < -0.39 is 0 Å². The molecule has 0 aromatic carbocycles.